The second kappa shape index (κ2) is 4.08. The largest absolute Gasteiger partial charge is 0.361 e. The van der Waals surface area contributed by atoms with Crippen LogP contribution in [0.4, 0.5) is 11.5 Å². The fraction of sp³-hybridized carbons (Fsp3) is 0.100. The van der Waals surface area contributed by atoms with E-state index in [0.717, 1.165) is 17.2 Å². The molecule has 0 saturated heterocycles. The Kier molecular flexibility index (Phi) is 2.35. The van der Waals surface area contributed by atoms with Gasteiger partial charge in [0.2, 0.25) is 0 Å². The molecule has 0 amide bonds. The number of imidazole rings is 1. The van der Waals surface area contributed by atoms with Crippen molar-refractivity contribution in [1.29, 1.82) is 0 Å². The Balaban J connectivity index is 1.95. The normalized spacial score (nSPS) is 13.5. The molecule has 0 bridgehead atoms. The molecule has 20 heavy (non-hydrogen) atoms. The fourth-order valence-corrected chi connectivity index (χ4v) is 2.62. The zero-order chi connectivity index (χ0) is 13.7. The Morgan fingerprint density at radius 1 is 1.05 bits per heavy atom. The number of anilines is 2. The summed E-state index contributed by atoms with van der Waals surface area (Å²) in [6, 6.07) is 0. The molecule has 4 rings (SSSR count). The van der Waals surface area contributed by atoms with Crippen molar-refractivity contribution >= 4 is 47.1 Å². The number of rotatable bonds is 1. The molecule has 1 aliphatic heterocycles. The Morgan fingerprint density at radius 3 is 2.75 bits per heavy atom. The SMILES string of the molecule is S=c1nc[nH]c2c1NCN2n1cnc2c(=S)nc[nH]c21. The first-order valence-corrected chi connectivity index (χ1v) is 6.57. The molecule has 4 heterocycles. The standard InChI is InChI=1S/C10H8N8S2/c19-9-5-7(11-1-13-9)17(3-15-5)18-4-16-6-8(18)12-2-14-10(6)20/h1-3,16H,4H2,(H,11,13,19)(H,12,14,20). The third-order valence-corrected chi connectivity index (χ3v) is 3.70. The highest BCUT2D eigenvalue weighted by Gasteiger charge is 2.23. The first kappa shape index (κ1) is 11.5. The molecule has 0 aromatic carbocycles. The molecule has 3 aromatic heterocycles. The highest BCUT2D eigenvalue weighted by atomic mass is 32.1. The monoisotopic (exact) mass is 304 g/mol. The van der Waals surface area contributed by atoms with Gasteiger partial charge in [0.15, 0.2) is 20.7 Å². The van der Waals surface area contributed by atoms with Crippen LogP contribution in [0.3, 0.4) is 0 Å². The smallest absolute Gasteiger partial charge is 0.161 e. The van der Waals surface area contributed by atoms with Crippen molar-refractivity contribution < 1.29 is 0 Å². The number of aromatic amines is 2. The third kappa shape index (κ3) is 1.48. The van der Waals surface area contributed by atoms with Crippen LogP contribution >= 0.6 is 24.4 Å². The number of nitrogens with one attached hydrogen (secondary N) is 3. The summed E-state index contributed by atoms with van der Waals surface area (Å²) < 4.78 is 2.85. The summed E-state index contributed by atoms with van der Waals surface area (Å²) >= 11 is 10.4. The molecule has 0 fully saturated rings. The van der Waals surface area contributed by atoms with Gasteiger partial charge in [-0.05, 0) is 0 Å². The van der Waals surface area contributed by atoms with Crippen LogP contribution in [0.5, 0.6) is 0 Å². The number of fused-ring (bicyclic) bond motifs is 2. The highest BCUT2D eigenvalue weighted by Crippen LogP contribution is 2.29. The van der Waals surface area contributed by atoms with Crippen LogP contribution in [0.15, 0.2) is 19.0 Å². The average Bonchev–Trinajstić information content (AvgIpc) is 3.03. The molecule has 0 radical (unpaired) electrons. The second-order valence-corrected chi connectivity index (χ2v) is 4.93. The van der Waals surface area contributed by atoms with Crippen molar-refractivity contribution in [2.75, 3.05) is 17.0 Å². The van der Waals surface area contributed by atoms with Gasteiger partial charge in [0.05, 0.1) is 12.7 Å². The molecular formula is C10H8N8S2. The summed E-state index contributed by atoms with van der Waals surface area (Å²) in [5, 5.41) is 5.16. The van der Waals surface area contributed by atoms with Gasteiger partial charge in [-0.15, -0.1) is 0 Å². The lowest BCUT2D eigenvalue weighted by atomic mass is 10.5. The van der Waals surface area contributed by atoms with Gasteiger partial charge < -0.3 is 15.3 Å². The van der Waals surface area contributed by atoms with Gasteiger partial charge in [-0.25, -0.2) is 24.6 Å². The first-order chi connectivity index (χ1) is 9.75. The zero-order valence-corrected chi connectivity index (χ0v) is 11.6. The maximum absolute atomic E-state index is 5.20. The van der Waals surface area contributed by atoms with Crippen LogP contribution in [0.1, 0.15) is 0 Å². The number of aromatic nitrogens is 6. The van der Waals surface area contributed by atoms with E-state index in [1.54, 1.807) is 19.0 Å². The van der Waals surface area contributed by atoms with E-state index in [0.29, 0.717) is 21.5 Å². The van der Waals surface area contributed by atoms with Crippen molar-refractivity contribution in [2.24, 2.45) is 0 Å². The lowest BCUT2D eigenvalue weighted by Crippen LogP contribution is -2.29. The molecule has 0 unspecified atom stereocenters. The fourth-order valence-electron chi connectivity index (χ4n) is 2.20. The van der Waals surface area contributed by atoms with Crippen LogP contribution in [-0.2, 0) is 0 Å². The van der Waals surface area contributed by atoms with Gasteiger partial charge in [-0.3, -0.25) is 0 Å². The highest BCUT2D eigenvalue weighted by molar-refractivity contribution is 7.71. The van der Waals surface area contributed by atoms with Crippen LogP contribution in [-0.4, -0.2) is 36.3 Å². The molecule has 10 heteroatoms. The number of hydrogen-bond donors (Lipinski definition) is 3. The van der Waals surface area contributed by atoms with Gasteiger partial charge in [-0.2, -0.15) is 0 Å². The van der Waals surface area contributed by atoms with Crippen molar-refractivity contribution in [3.8, 4) is 0 Å². The van der Waals surface area contributed by atoms with E-state index < -0.39 is 0 Å². The molecule has 3 aromatic rings. The Morgan fingerprint density at radius 2 is 1.85 bits per heavy atom. The zero-order valence-electron chi connectivity index (χ0n) is 9.99. The van der Waals surface area contributed by atoms with Crippen LogP contribution < -0.4 is 10.3 Å². The lowest BCUT2D eigenvalue weighted by Gasteiger charge is -2.18. The van der Waals surface area contributed by atoms with Crippen molar-refractivity contribution in [3.63, 3.8) is 0 Å². The van der Waals surface area contributed by atoms with Gasteiger partial charge in [0.25, 0.3) is 0 Å². The minimum Gasteiger partial charge on any atom is -0.361 e. The molecular weight excluding hydrogens is 296 g/mol. The third-order valence-electron chi connectivity index (χ3n) is 3.09. The van der Waals surface area contributed by atoms with Gasteiger partial charge >= 0.3 is 0 Å². The van der Waals surface area contributed by atoms with Crippen LogP contribution in [0, 0.1) is 9.28 Å². The molecule has 0 atom stereocenters. The van der Waals surface area contributed by atoms with E-state index in [1.807, 2.05) is 9.69 Å². The molecule has 8 nitrogen and oxygen atoms in total. The van der Waals surface area contributed by atoms with Crippen LogP contribution in [0.25, 0.3) is 11.2 Å². The summed E-state index contributed by atoms with van der Waals surface area (Å²) in [7, 11) is 0. The summed E-state index contributed by atoms with van der Waals surface area (Å²) in [6.45, 7) is 0.551. The Bertz CT molecular complexity index is 923. The van der Waals surface area contributed by atoms with E-state index >= 15 is 0 Å². The Hall–Kier alpha value is -2.33. The predicted octanol–water partition coefficient (Wildman–Crippen LogP) is 1.59. The van der Waals surface area contributed by atoms with Crippen molar-refractivity contribution in [1.82, 2.24) is 29.6 Å². The van der Waals surface area contributed by atoms with E-state index in [2.05, 4.69) is 30.2 Å². The summed E-state index contributed by atoms with van der Waals surface area (Å²) in [4.78, 5) is 18.5. The van der Waals surface area contributed by atoms with E-state index in [1.165, 1.54) is 0 Å². The minimum absolute atomic E-state index is 0.465. The number of H-pyrrole nitrogens is 2. The number of nitrogens with zero attached hydrogens (tertiary/aromatic N) is 5. The van der Waals surface area contributed by atoms with E-state index in [4.69, 9.17) is 24.4 Å². The topological polar surface area (TPSA) is 90.4 Å². The lowest BCUT2D eigenvalue weighted by molar-refractivity contribution is 0.742. The molecule has 0 aliphatic carbocycles. The Labute approximate surface area is 122 Å². The average molecular weight is 304 g/mol. The maximum Gasteiger partial charge on any atom is 0.161 e. The molecule has 3 N–H and O–H groups in total. The van der Waals surface area contributed by atoms with Gasteiger partial charge in [-0.1, -0.05) is 24.4 Å². The maximum atomic E-state index is 5.20. The molecule has 1 aliphatic rings. The minimum atomic E-state index is 0.465. The summed E-state index contributed by atoms with van der Waals surface area (Å²) in [6.07, 6.45) is 4.82. The quantitative estimate of drug-likeness (QED) is 0.588. The second-order valence-electron chi connectivity index (χ2n) is 4.16. The van der Waals surface area contributed by atoms with Gasteiger partial charge in [0, 0.05) is 0 Å². The van der Waals surface area contributed by atoms with Crippen molar-refractivity contribution in [2.45, 2.75) is 0 Å². The summed E-state index contributed by atoms with van der Waals surface area (Å²) in [5.41, 5.74) is 2.23. The number of hydrogen-bond acceptors (Lipinski definition) is 7. The predicted molar refractivity (Wildman–Crippen MR) is 78.5 cm³/mol. The molecule has 0 saturated carbocycles. The first-order valence-electron chi connectivity index (χ1n) is 5.76. The molecule has 100 valence electrons. The van der Waals surface area contributed by atoms with E-state index in [9.17, 15) is 0 Å². The molecule has 0 spiro atoms. The van der Waals surface area contributed by atoms with Crippen LogP contribution in [0.2, 0.25) is 0 Å². The van der Waals surface area contributed by atoms with E-state index in [-0.39, 0.29) is 0 Å². The van der Waals surface area contributed by atoms with Crippen molar-refractivity contribution in [3.05, 3.63) is 28.3 Å². The van der Waals surface area contributed by atoms with Gasteiger partial charge in [0.1, 0.15) is 24.2 Å². The summed E-state index contributed by atoms with van der Waals surface area (Å²) in [5.74, 6) is 0.834.